The number of benzene rings is 2. The first-order valence-electron chi connectivity index (χ1n) is 8.94. The summed E-state index contributed by atoms with van der Waals surface area (Å²) in [6, 6.07) is 9.74. The summed E-state index contributed by atoms with van der Waals surface area (Å²) in [6.45, 7) is 1.69. The average molecular weight is 456 g/mol. The minimum Gasteiger partial charge on any atom is -0.489 e. The number of hydrogen-bond donors (Lipinski definition) is 1. The van der Waals surface area contributed by atoms with Crippen molar-refractivity contribution in [1.29, 1.82) is 0 Å². The first kappa shape index (κ1) is 21.8. The minimum atomic E-state index is -0.372. The van der Waals surface area contributed by atoms with E-state index in [9.17, 15) is 4.39 Å². The van der Waals surface area contributed by atoms with Gasteiger partial charge in [0.05, 0.1) is 5.02 Å². The highest BCUT2D eigenvalue weighted by Gasteiger charge is 2.08. The zero-order valence-electron chi connectivity index (χ0n) is 15.7. The van der Waals surface area contributed by atoms with Crippen LogP contribution in [0.15, 0.2) is 41.6 Å². The van der Waals surface area contributed by atoms with E-state index in [-0.39, 0.29) is 12.4 Å². The number of thioether (sulfide) groups is 1. The second-order valence-electron chi connectivity index (χ2n) is 6.24. The Morgan fingerprint density at radius 3 is 2.79 bits per heavy atom. The van der Waals surface area contributed by atoms with Crippen LogP contribution in [0.3, 0.4) is 0 Å². The van der Waals surface area contributed by atoms with Gasteiger partial charge in [0.2, 0.25) is 5.16 Å². The summed E-state index contributed by atoms with van der Waals surface area (Å²) < 4.78 is 20.7. The van der Waals surface area contributed by atoms with Gasteiger partial charge < -0.3 is 10.1 Å². The lowest BCUT2D eigenvalue weighted by atomic mass is 10.2. The molecule has 29 heavy (non-hydrogen) atoms. The molecule has 3 rings (SSSR count). The van der Waals surface area contributed by atoms with Crippen molar-refractivity contribution < 1.29 is 9.13 Å². The normalized spacial score (nSPS) is 11.0. The number of nitrogens with zero attached hydrogens (tertiary/aromatic N) is 4. The van der Waals surface area contributed by atoms with Crippen LogP contribution < -0.4 is 10.1 Å². The number of ether oxygens (including phenoxy) is 1. The molecule has 154 valence electrons. The molecule has 0 unspecified atom stereocenters. The number of hydrogen-bond acceptors (Lipinski definition) is 6. The molecule has 0 aliphatic heterocycles. The molecule has 6 nitrogen and oxygen atoms in total. The summed E-state index contributed by atoms with van der Waals surface area (Å²) in [5.74, 6) is 1.24. The second kappa shape index (κ2) is 10.8. The topological polar surface area (TPSA) is 64.9 Å². The van der Waals surface area contributed by atoms with E-state index in [1.54, 1.807) is 28.6 Å². The molecule has 0 bridgehead atoms. The summed E-state index contributed by atoms with van der Waals surface area (Å²) >= 11 is 13.8. The van der Waals surface area contributed by atoms with Gasteiger partial charge in [0.1, 0.15) is 18.2 Å². The van der Waals surface area contributed by atoms with Crippen LogP contribution in [0.4, 0.5) is 4.39 Å². The zero-order chi connectivity index (χ0) is 20.6. The number of halogens is 3. The van der Waals surface area contributed by atoms with Crippen LogP contribution in [0.25, 0.3) is 0 Å². The van der Waals surface area contributed by atoms with E-state index in [1.165, 1.54) is 12.1 Å². The molecular formula is C19H20Cl2FN5OS. The van der Waals surface area contributed by atoms with Crippen LogP contribution in [-0.4, -0.2) is 32.5 Å². The molecule has 0 atom stereocenters. The van der Waals surface area contributed by atoms with Gasteiger partial charge in [-0.2, -0.15) is 0 Å². The summed E-state index contributed by atoms with van der Waals surface area (Å²) in [7, 11) is 1.82. The van der Waals surface area contributed by atoms with Gasteiger partial charge in [-0.1, -0.05) is 41.0 Å². The van der Waals surface area contributed by atoms with Crippen molar-refractivity contribution >= 4 is 35.0 Å². The van der Waals surface area contributed by atoms with Crippen LogP contribution in [0.5, 0.6) is 5.75 Å². The highest BCUT2D eigenvalue weighted by atomic mass is 35.5. The van der Waals surface area contributed by atoms with Gasteiger partial charge in [-0.3, -0.25) is 0 Å². The van der Waals surface area contributed by atoms with Crippen molar-refractivity contribution in [3.63, 3.8) is 0 Å². The van der Waals surface area contributed by atoms with Gasteiger partial charge in [-0.15, -0.1) is 5.10 Å². The Balaban J connectivity index is 1.48. The van der Waals surface area contributed by atoms with Gasteiger partial charge >= 0.3 is 0 Å². The van der Waals surface area contributed by atoms with Gasteiger partial charge in [0.25, 0.3) is 0 Å². The number of nitrogens with one attached hydrogen (secondary N) is 1. The predicted molar refractivity (Wildman–Crippen MR) is 113 cm³/mol. The lowest BCUT2D eigenvalue weighted by molar-refractivity contribution is 0.302. The largest absolute Gasteiger partial charge is 0.489 e. The molecule has 0 fully saturated rings. The molecule has 2 aromatic carbocycles. The highest BCUT2D eigenvalue weighted by Crippen LogP contribution is 2.25. The van der Waals surface area contributed by atoms with E-state index in [1.807, 2.05) is 19.2 Å². The Hall–Kier alpha value is -1.87. The maximum Gasteiger partial charge on any atom is 0.209 e. The first-order chi connectivity index (χ1) is 14.0. The second-order valence-corrected chi connectivity index (χ2v) is 8.15. The van der Waals surface area contributed by atoms with Crippen LogP contribution in [0, 0.1) is 5.82 Å². The fraction of sp³-hybridized carbons (Fsp3) is 0.316. The Bertz CT molecular complexity index is 956. The summed E-state index contributed by atoms with van der Waals surface area (Å²) in [5, 5.41) is 16.5. The summed E-state index contributed by atoms with van der Waals surface area (Å²) in [6.07, 6.45) is 0.958. The van der Waals surface area contributed by atoms with Gasteiger partial charge in [-0.25, -0.2) is 9.07 Å². The van der Waals surface area contributed by atoms with E-state index in [2.05, 4.69) is 20.8 Å². The van der Waals surface area contributed by atoms with E-state index in [0.29, 0.717) is 22.3 Å². The van der Waals surface area contributed by atoms with Gasteiger partial charge in [0.15, 0.2) is 0 Å². The molecule has 0 saturated heterocycles. The third-order valence-corrected chi connectivity index (χ3v) is 5.73. The summed E-state index contributed by atoms with van der Waals surface area (Å²) in [4.78, 5) is 0. The number of aromatic nitrogens is 4. The predicted octanol–water partition coefficient (Wildman–Crippen LogP) is 4.51. The number of rotatable bonds is 10. The van der Waals surface area contributed by atoms with Crippen molar-refractivity contribution in [3.8, 4) is 5.75 Å². The molecule has 0 amide bonds. The molecular weight excluding hydrogens is 436 g/mol. The van der Waals surface area contributed by atoms with Crippen molar-refractivity contribution in [3.05, 3.63) is 63.4 Å². The quantitative estimate of drug-likeness (QED) is 0.358. The lowest BCUT2D eigenvalue weighted by Gasteiger charge is -2.13. The van der Waals surface area contributed by atoms with Crippen molar-refractivity contribution in [1.82, 2.24) is 25.5 Å². The molecule has 10 heteroatoms. The molecule has 1 aromatic heterocycles. The van der Waals surface area contributed by atoms with Gasteiger partial charge in [0, 0.05) is 35.5 Å². The molecule has 0 aliphatic carbocycles. The molecule has 1 N–H and O–H groups in total. The lowest BCUT2D eigenvalue weighted by Crippen LogP contribution is -2.16. The Morgan fingerprint density at radius 1 is 1.17 bits per heavy atom. The van der Waals surface area contributed by atoms with Crippen molar-refractivity contribution in [2.45, 2.75) is 24.7 Å². The highest BCUT2D eigenvalue weighted by molar-refractivity contribution is 7.99. The van der Waals surface area contributed by atoms with Crippen molar-refractivity contribution in [2.24, 2.45) is 7.05 Å². The SMILES string of the molecule is Cn1nnnc1SCCCNCc1cc(Cl)ccc1OCc1ccc(F)cc1Cl. The molecule has 0 spiro atoms. The van der Waals surface area contributed by atoms with Crippen LogP contribution in [0.2, 0.25) is 10.0 Å². The average Bonchev–Trinajstić information content (AvgIpc) is 3.10. The van der Waals surface area contributed by atoms with Crippen LogP contribution in [0.1, 0.15) is 17.5 Å². The fourth-order valence-electron chi connectivity index (χ4n) is 2.55. The maximum absolute atomic E-state index is 13.2. The minimum absolute atomic E-state index is 0.246. The van der Waals surface area contributed by atoms with Crippen molar-refractivity contribution in [2.75, 3.05) is 12.3 Å². The maximum atomic E-state index is 13.2. The smallest absolute Gasteiger partial charge is 0.209 e. The third-order valence-electron chi connectivity index (χ3n) is 4.05. The third kappa shape index (κ3) is 6.57. The molecule has 3 aromatic rings. The molecule has 1 heterocycles. The number of aryl methyl sites for hydroxylation is 1. The Morgan fingerprint density at radius 2 is 2.03 bits per heavy atom. The van der Waals surface area contributed by atoms with Crippen LogP contribution in [-0.2, 0) is 20.2 Å². The fourth-order valence-corrected chi connectivity index (χ4v) is 3.75. The standard InChI is InChI=1S/C19H20Cl2FN5OS/c1-27-19(24-25-26-27)29-8-2-7-23-11-14-9-15(20)4-6-18(14)28-12-13-3-5-16(22)10-17(13)21/h3-6,9-10,23H,2,7-8,11-12H2,1H3. The van der Waals surface area contributed by atoms with E-state index in [0.717, 1.165) is 35.0 Å². The zero-order valence-corrected chi connectivity index (χ0v) is 18.1. The summed E-state index contributed by atoms with van der Waals surface area (Å²) in [5.41, 5.74) is 1.66. The monoisotopic (exact) mass is 455 g/mol. The Kier molecular flexibility index (Phi) is 8.11. The van der Waals surface area contributed by atoms with E-state index in [4.69, 9.17) is 27.9 Å². The van der Waals surface area contributed by atoms with E-state index < -0.39 is 0 Å². The number of tetrazole rings is 1. The molecule has 0 radical (unpaired) electrons. The first-order valence-corrected chi connectivity index (χ1v) is 10.7. The molecule has 0 aliphatic rings. The van der Waals surface area contributed by atoms with Gasteiger partial charge in [-0.05, 0) is 53.7 Å². The Labute approximate surface area is 182 Å². The van der Waals surface area contributed by atoms with E-state index >= 15 is 0 Å². The molecule has 0 saturated carbocycles. The van der Waals surface area contributed by atoms with Crippen LogP contribution >= 0.6 is 35.0 Å².